The van der Waals surface area contributed by atoms with Crippen LogP contribution in [0.1, 0.15) is 18.5 Å². The van der Waals surface area contributed by atoms with Gasteiger partial charge in [-0.25, -0.2) is 9.69 Å². The first-order valence-corrected chi connectivity index (χ1v) is 7.44. The van der Waals surface area contributed by atoms with Gasteiger partial charge in [0.05, 0.1) is 18.8 Å². The molecule has 0 aromatic heterocycles. The number of urea groups is 1. The predicted molar refractivity (Wildman–Crippen MR) is 87.4 cm³/mol. The van der Waals surface area contributed by atoms with Crippen LogP contribution in [0.4, 0.5) is 10.5 Å². The number of rotatable bonds is 4. The van der Waals surface area contributed by atoms with Crippen LogP contribution < -0.4 is 9.64 Å². The maximum Gasteiger partial charge on any atom is 0.332 e. The number of hydrogen-bond acceptors (Lipinski definition) is 3. The van der Waals surface area contributed by atoms with Crippen LogP contribution in [0, 0.1) is 0 Å². The average molecular weight is 310 g/mol. The summed E-state index contributed by atoms with van der Waals surface area (Å²) in [7, 11) is 1.55. The largest absolute Gasteiger partial charge is 0.497 e. The second-order valence-electron chi connectivity index (χ2n) is 5.43. The van der Waals surface area contributed by atoms with Crippen molar-refractivity contribution < 1.29 is 14.3 Å². The molecule has 2 aromatic rings. The SMILES string of the molecule is COc1cccc(N2C(=O)CN(C(C)c3ccccc3)C2=O)c1. The number of benzene rings is 2. The van der Waals surface area contributed by atoms with Gasteiger partial charge in [0.15, 0.2) is 0 Å². The van der Waals surface area contributed by atoms with E-state index in [2.05, 4.69) is 0 Å². The highest BCUT2D eigenvalue weighted by atomic mass is 16.5. The van der Waals surface area contributed by atoms with Crippen LogP contribution in [0.3, 0.4) is 0 Å². The fourth-order valence-corrected chi connectivity index (χ4v) is 2.74. The molecule has 1 heterocycles. The molecule has 0 aliphatic carbocycles. The molecular formula is C18H18N2O3. The highest BCUT2D eigenvalue weighted by Gasteiger charge is 2.39. The maximum atomic E-state index is 12.7. The van der Waals surface area contributed by atoms with Gasteiger partial charge < -0.3 is 9.64 Å². The molecule has 1 fully saturated rings. The number of hydrogen-bond donors (Lipinski definition) is 0. The lowest BCUT2D eigenvalue weighted by atomic mass is 10.1. The zero-order valence-corrected chi connectivity index (χ0v) is 13.1. The molecule has 0 spiro atoms. The Morgan fingerprint density at radius 2 is 1.78 bits per heavy atom. The highest BCUT2D eigenvalue weighted by molar-refractivity contribution is 6.19. The van der Waals surface area contributed by atoms with Gasteiger partial charge in [-0.2, -0.15) is 0 Å². The van der Waals surface area contributed by atoms with Crippen molar-refractivity contribution in [2.24, 2.45) is 0 Å². The van der Waals surface area contributed by atoms with Gasteiger partial charge >= 0.3 is 6.03 Å². The number of carbonyl (C=O) groups excluding carboxylic acids is 2. The van der Waals surface area contributed by atoms with Crippen LogP contribution in [0.15, 0.2) is 54.6 Å². The van der Waals surface area contributed by atoms with Crippen molar-refractivity contribution in [1.82, 2.24) is 4.90 Å². The summed E-state index contributed by atoms with van der Waals surface area (Å²) < 4.78 is 5.17. The number of amides is 3. The van der Waals surface area contributed by atoms with Gasteiger partial charge in [-0.1, -0.05) is 36.4 Å². The van der Waals surface area contributed by atoms with Gasteiger partial charge in [-0.3, -0.25) is 4.79 Å². The minimum atomic E-state index is -0.306. The van der Waals surface area contributed by atoms with Gasteiger partial charge in [0.1, 0.15) is 12.3 Å². The molecule has 1 unspecified atom stereocenters. The molecule has 0 bridgehead atoms. The Hall–Kier alpha value is -2.82. The van der Waals surface area contributed by atoms with Gasteiger partial charge in [0.25, 0.3) is 5.91 Å². The monoisotopic (exact) mass is 310 g/mol. The summed E-state index contributed by atoms with van der Waals surface area (Å²) in [6.45, 7) is 2.00. The molecule has 1 aliphatic rings. The van der Waals surface area contributed by atoms with Crippen molar-refractivity contribution >= 4 is 17.6 Å². The zero-order valence-electron chi connectivity index (χ0n) is 13.1. The molecule has 5 heteroatoms. The van der Waals surface area contributed by atoms with Crippen LogP contribution in [-0.2, 0) is 4.79 Å². The summed E-state index contributed by atoms with van der Waals surface area (Å²) in [5, 5.41) is 0. The third kappa shape index (κ3) is 2.77. The maximum absolute atomic E-state index is 12.7. The summed E-state index contributed by atoms with van der Waals surface area (Å²) in [5.74, 6) is 0.378. The Balaban J connectivity index is 1.88. The van der Waals surface area contributed by atoms with Crippen LogP contribution in [0.5, 0.6) is 5.75 Å². The van der Waals surface area contributed by atoms with Gasteiger partial charge in [-0.05, 0) is 24.6 Å². The minimum Gasteiger partial charge on any atom is -0.497 e. The number of methoxy groups -OCH3 is 1. The molecule has 23 heavy (non-hydrogen) atoms. The van der Waals surface area contributed by atoms with Crippen molar-refractivity contribution in [3.05, 3.63) is 60.2 Å². The normalized spacial score (nSPS) is 15.9. The van der Waals surface area contributed by atoms with Crippen molar-refractivity contribution in [3.8, 4) is 5.75 Å². The van der Waals surface area contributed by atoms with Crippen LogP contribution >= 0.6 is 0 Å². The summed E-state index contributed by atoms with van der Waals surface area (Å²) in [6, 6.07) is 16.2. The molecule has 0 radical (unpaired) electrons. The molecule has 3 amide bonds. The average Bonchev–Trinajstić information content (AvgIpc) is 2.89. The number of nitrogens with zero attached hydrogens (tertiary/aromatic N) is 2. The third-order valence-corrected chi connectivity index (χ3v) is 4.05. The lowest BCUT2D eigenvalue weighted by Gasteiger charge is -2.24. The van der Waals surface area contributed by atoms with Crippen molar-refractivity contribution in [2.75, 3.05) is 18.6 Å². The molecule has 1 aliphatic heterocycles. The van der Waals surface area contributed by atoms with E-state index in [4.69, 9.17) is 4.74 Å². The Morgan fingerprint density at radius 1 is 1.04 bits per heavy atom. The highest BCUT2D eigenvalue weighted by Crippen LogP contribution is 2.30. The molecule has 1 saturated heterocycles. The quantitative estimate of drug-likeness (QED) is 0.815. The van der Waals surface area contributed by atoms with Crippen molar-refractivity contribution in [1.29, 1.82) is 0 Å². The molecule has 2 aromatic carbocycles. The topological polar surface area (TPSA) is 49.9 Å². The van der Waals surface area contributed by atoms with E-state index in [-0.39, 0.29) is 24.5 Å². The van der Waals surface area contributed by atoms with Gasteiger partial charge in [-0.15, -0.1) is 0 Å². The molecule has 3 rings (SSSR count). The first-order valence-electron chi connectivity index (χ1n) is 7.44. The minimum absolute atomic E-state index is 0.0755. The molecule has 118 valence electrons. The number of carbonyl (C=O) groups is 2. The predicted octanol–water partition coefficient (Wildman–Crippen LogP) is 3.23. The van der Waals surface area contributed by atoms with E-state index in [0.29, 0.717) is 11.4 Å². The fraction of sp³-hybridized carbons (Fsp3) is 0.222. The Morgan fingerprint density at radius 3 is 2.48 bits per heavy atom. The molecule has 1 atom stereocenters. The van der Waals surface area contributed by atoms with E-state index >= 15 is 0 Å². The van der Waals surface area contributed by atoms with E-state index in [1.807, 2.05) is 37.3 Å². The van der Waals surface area contributed by atoms with Crippen molar-refractivity contribution in [3.63, 3.8) is 0 Å². The van der Waals surface area contributed by atoms with Gasteiger partial charge in [0.2, 0.25) is 0 Å². The van der Waals surface area contributed by atoms with E-state index in [0.717, 1.165) is 5.56 Å². The number of imide groups is 1. The smallest absolute Gasteiger partial charge is 0.332 e. The van der Waals surface area contributed by atoms with Gasteiger partial charge in [0, 0.05) is 6.07 Å². The van der Waals surface area contributed by atoms with E-state index in [1.165, 1.54) is 4.90 Å². The molecule has 0 saturated carbocycles. The van der Waals surface area contributed by atoms with Crippen LogP contribution in [-0.4, -0.2) is 30.5 Å². The number of anilines is 1. The van der Waals surface area contributed by atoms with Crippen LogP contribution in [0.25, 0.3) is 0 Å². The lowest BCUT2D eigenvalue weighted by molar-refractivity contribution is -0.116. The summed E-state index contributed by atoms with van der Waals surface area (Å²) in [6.07, 6.45) is 0. The van der Waals surface area contributed by atoms with Crippen LogP contribution in [0.2, 0.25) is 0 Å². The van der Waals surface area contributed by atoms with E-state index in [9.17, 15) is 9.59 Å². The number of ether oxygens (including phenoxy) is 1. The summed E-state index contributed by atoms with van der Waals surface area (Å²) in [4.78, 5) is 27.9. The Bertz CT molecular complexity index is 730. The summed E-state index contributed by atoms with van der Waals surface area (Å²) in [5.41, 5.74) is 1.53. The van der Waals surface area contributed by atoms with E-state index < -0.39 is 0 Å². The Labute approximate surface area is 135 Å². The Kier molecular flexibility index (Phi) is 4.02. The zero-order chi connectivity index (χ0) is 16.4. The first kappa shape index (κ1) is 15.1. The third-order valence-electron chi connectivity index (χ3n) is 4.05. The molecule has 5 nitrogen and oxygen atoms in total. The van der Waals surface area contributed by atoms with Crippen molar-refractivity contribution in [2.45, 2.75) is 13.0 Å². The second-order valence-corrected chi connectivity index (χ2v) is 5.43. The standard InChI is InChI=1S/C18H18N2O3/c1-13(14-7-4-3-5-8-14)19-12-17(21)20(18(19)22)15-9-6-10-16(11-15)23-2/h3-11,13H,12H2,1-2H3. The second kappa shape index (κ2) is 6.12. The summed E-state index contributed by atoms with van der Waals surface area (Å²) >= 11 is 0. The first-order chi connectivity index (χ1) is 11.1. The molecular weight excluding hydrogens is 292 g/mol. The molecule has 0 N–H and O–H groups in total. The lowest BCUT2D eigenvalue weighted by Crippen LogP contribution is -2.34. The fourth-order valence-electron chi connectivity index (χ4n) is 2.74. The van der Waals surface area contributed by atoms with E-state index in [1.54, 1.807) is 36.3 Å².